The van der Waals surface area contributed by atoms with Crippen molar-refractivity contribution in [2.45, 2.75) is 58.4 Å². The number of pyridine rings is 1. The van der Waals surface area contributed by atoms with Crippen LogP contribution in [-0.4, -0.2) is 19.7 Å². The van der Waals surface area contributed by atoms with Gasteiger partial charge in [0.25, 0.3) is 0 Å². The number of ether oxygens (including phenoxy) is 1. The standard InChI is InChI=1S/C34H34N4O.Pt/c1-33(2,3)25-17-19-35-32(20-25)38-31-22-28(15-14-24(31)16-18-34(38,4)5)39-27-11-9-10-26(21-27)37-23-36(6)29-12-7-8-13-30(29)37;/h7-15,17,19-20H,16,18H2,1-6H3;/q-2;/i6D3;. The molecular formula is C34H34N4OPt-2. The fourth-order valence-electron chi connectivity index (χ4n) is 5.33. The Balaban J connectivity index is 1.39. The number of nitrogens with zero attached hydrogens (tertiary/aromatic N) is 4. The van der Waals surface area contributed by atoms with E-state index in [1.54, 1.807) is 0 Å². The van der Waals surface area contributed by atoms with Crippen molar-refractivity contribution in [3.8, 4) is 17.2 Å². The Kier molecular flexibility index (Phi) is 5.76. The Morgan fingerprint density at radius 2 is 1.75 bits per heavy atom. The van der Waals surface area contributed by atoms with Crippen LogP contribution in [0.1, 0.15) is 56.3 Å². The molecule has 0 aliphatic carbocycles. The monoisotopic (exact) mass is 712 g/mol. The summed E-state index contributed by atoms with van der Waals surface area (Å²) < 4.78 is 34.5. The van der Waals surface area contributed by atoms with E-state index in [0.717, 1.165) is 29.9 Å². The van der Waals surface area contributed by atoms with Gasteiger partial charge in [-0.05, 0) is 17.0 Å². The third-order valence-electron chi connectivity index (χ3n) is 7.58. The van der Waals surface area contributed by atoms with Gasteiger partial charge in [-0.2, -0.15) is 0 Å². The first-order valence-electron chi connectivity index (χ1n) is 14.9. The summed E-state index contributed by atoms with van der Waals surface area (Å²) in [7, 11) is 0. The summed E-state index contributed by atoms with van der Waals surface area (Å²) in [5.74, 6) is 1.99. The number of benzene rings is 3. The van der Waals surface area contributed by atoms with E-state index in [9.17, 15) is 0 Å². The van der Waals surface area contributed by atoms with Crippen molar-refractivity contribution in [1.29, 1.82) is 0 Å². The normalized spacial score (nSPS) is 16.3. The Morgan fingerprint density at radius 3 is 2.52 bits per heavy atom. The van der Waals surface area contributed by atoms with Crippen LogP contribution < -0.4 is 9.64 Å². The van der Waals surface area contributed by atoms with Gasteiger partial charge < -0.3 is 0 Å². The second-order valence-corrected chi connectivity index (χ2v) is 12.9. The van der Waals surface area contributed by atoms with Crippen LogP contribution in [0.15, 0.2) is 72.9 Å². The van der Waals surface area contributed by atoms with Crippen LogP contribution in [0.25, 0.3) is 16.7 Å². The maximum absolute atomic E-state index is 8.12. The number of hydrogen-bond donors (Lipinski definition) is 0. The van der Waals surface area contributed by atoms with Crippen molar-refractivity contribution in [1.82, 2.24) is 14.1 Å². The van der Waals surface area contributed by atoms with E-state index in [4.69, 9.17) is 13.8 Å². The van der Waals surface area contributed by atoms with Crippen molar-refractivity contribution in [2.24, 2.45) is 6.98 Å². The number of imidazole rings is 1. The van der Waals surface area contributed by atoms with Crippen LogP contribution in [0.4, 0.5) is 11.5 Å². The molecule has 6 heteroatoms. The van der Waals surface area contributed by atoms with Gasteiger partial charge in [0, 0.05) is 6.20 Å². The Bertz CT molecular complexity index is 1900. The third kappa shape index (κ3) is 4.75. The summed E-state index contributed by atoms with van der Waals surface area (Å²) >= 11 is 2.07. The van der Waals surface area contributed by atoms with Crippen molar-refractivity contribution >= 4 is 22.5 Å². The third-order valence-corrected chi connectivity index (χ3v) is 8.59. The molecule has 0 saturated carbocycles. The van der Waals surface area contributed by atoms with E-state index in [-0.39, 0.29) is 11.0 Å². The summed E-state index contributed by atoms with van der Waals surface area (Å²) in [6, 6.07) is 28.4. The van der Waals surface area contributed by atoms with Crippen LogP contribution in [0, 0.1) is 15.9 Å². The fraction of sp³-hybridized carbons (Fsp3) is 0.294. The van der Waals surface area contributed by atoms with Gasteiger partial charge >= 0.3 is 208 Å². The van der Waals surface area contributed by atoms with Crippen LogP contribution in [0.5, 0.6) is 11.5 Å². The molecule has 40 heavy (non-hydrogen) atoms. The van der Waals surface area contributed by atoms with Gasteiger partial charge in [-0.25, -0.2) is 0 Å². The number of anilines is 2. The Labute approximate surface area is 251 Å². The molecule has 5 nitrogen and oxygen atoms in total. The van der Waals surface area contributed by atoms with Gasteiger partial charge in [-0.3, -0.25) is 0 Å². The molecule has 3 heterocycles. The van der Waals surface area contributed by atoms with Crippen LogP contribution >= 0.6 is 0 Å². The molecule has 2 aromatic heterocycles. The molecule has 0 N–H and O–H groups in total. The zero-order chi connectivity index (χ0) is 30.7. The summed E-state index contributed by atoms with van der Waals surface area (Å²) in [5, 5.41) is 0. The van der Waals surface area contributed by atoms with Crippen molar-refractivity contribution < 1.29 is 28.2 Å². The van der Waals surface area contributed by atoms with Crippen molar-refractivity contribution in [2.75, 3.05) is 4.90 Å². The predicted molar refractivity (Wildman–Crippen MR) is 157 cm³/mol. The maximum atomic E-state index is 8.12. The quantitative estimate of drug-likeness (QED) is 0.177. The average Bonchev–Trinajstić information content (AvgIpc) is 3.24. The van der Waals surface area contributed by atoms with Crippen molar-refractivity contribution in [3.05, 3.63) is 100.0 Å². The van der Waals surface area contributed by atoms with E-state index in [1.165, 1.54) is 15.7 Å². The SMILES string of the molecule is [2H]C([2H])([2H])n1[c](=[Pt])n(-c2[c-]c(Oc3[c-]c4c(cc3)CCC(C)(C)N4c3cc(C(C)(C)C)ccn3)ccc2)c2ccccc21. The second-order valence-electron chi connectivity index (χ2n) is 11.9. The number of para-hydroxylation sites is 2. The van der Waals surface area contributed by atoms with E-state index in [1.807, 2.05) is 59.3 Å². The summed E-state index contributed by atoms with van der Waals surface area (Å²) in [5.41, 5.74) is 5.33. The Hall–Kier alpha value is -3.43. The summed E-state index contributed by atoms with van der Waals surface area (Å²) in [6.45, 7) is 8.80. The first-order chi connectivity index (χ1) is 20.2. The predicted octanol–water partition coefficient (Wildman–Crippen LogP) is 8.00. The number of hydrogen-bond acceptors (Lipinski definition) is 3. The molecule has 0 radical (unpaired) electrons. The van der Waals surface area contributed by atoms with Gasteiger partial charge in [-0.15, -0.1) is 0 Å². The minimum absolute atomic E-state index is 0.00162. The molecule has 0 spiro atoms. The Morgan fingerprint density at radius 1 is 0.975 bits per heavy atom. The van der Waals surface area contributed by atoms with Gasteiger partial charge in [0.1, 0.15) is 0 Å². The van der Waals surface area contributed by atoms with Gasteiger partial charge in [-0.1, -0.05) is 20.8 Å². The average molecular weight is 713 g/mol. The second kappa shape index (κ2) is 9.89. The molecule has 0 atom stereocenters. The van der Waals surface area contributed by atoms with E-state index in [0.29, 0.717) is 26.5 Å². The number of rotatable bonds is 4. The number of aromatic nitrogens is 3. The summed E-state index contributed by atoms with van der Waals surface area (Å²) in [4.78, 5) is 7.08. The van der Waals surface area contributed by atoms with E-state index in [2.05, 4.69) is 89.2 Å². The van der Waals surface area contributed by atoms with Gasteiger partial charge in [0.05, 0.1) is 0 Å². The van der Waals surface area contributed by atoms with E-state index >= 15 is 0 Å². The molecule has 208 valence electrons. The van der Waals surface area contributed by atoms with Crippen LogP contribution in [0.3, 0.4) is 0 Å². The first-order valence-corrected chi connectivity index (χ1v) is 14.6. The molecular weight excluding hydrogens is 675 g/mol. The molecule has 0 fully saturated rings. The van der Waals surface area contributed by atoms with Crippen LogP contribution in [-0.2, 0) is 38.2 Å². The molecule has 0 saturated heterocycles. The van der Waals surface area contributed by atoms with Crippen molar-refractivity contribution in [3.63, 3.8) is 0 Å². The zero-order valence-electron chi connectivity index (χ0n) is 26.4. The topological polar surface area (TPSA) is 35.2 Å². The zero-order valence-corrected chi connectivity index (χ0v) is 25.6. The van der Waals surface area contributed by atoms with E-state index < -0.39 is 6.98 Å². The minimum atomic E-state index is -2.32. The molecule has 1 aliphatic heterocycles. The first kappa shape index (κ1) is 23.3. The van der Waals surface area contributed by atoms with Gasteiger partial charge in [0.15, 0.2) is 0 Å². The van der Waals surface area contributed by atoms with Crippen LogP contribution in [0.2, 0.25) is 0 Å². The number of aryl methyl sites for hydroxylation is 2. The molecule has 0 unspecified atom stereocenters. The molecule has 5 aromatic rings. The summed E-state index contributed by atoms with van der Waals surface area (Å²) in [6.07, 6.45) is 3.83. The molecule has 1 aliphatic rings. The molecule has 0 bridgehead atoms. The van der Waals surface area contributed by atoms with Gasteiger partial charge in [0.2, 0.25) is 0 Å². The molecule has 0 amide bonds. The molecule has 6 rings (SSSR count). The molecule has 3 aromatic carbocycles. The number of fused-ring (bicyclic) bond motifs is 2. The fourth-order valence-corrected chi connectivity index (χ4v) is 6.16.